The lowest BCUT2D eigenvalue weighted by Crippen LogP contribution is -2.49. The van der Waals surface area contributed by atoms with E-state index in [0.29, 0.717) is 18.7 Å². The van der Waals surface area contributed by atoms with Crippen molar-refractivity contribution >= 4 is 15.9 Å². The van der Waals surface area contributed by atoms with Gasteiger partial charge in [-0.05, 0) is 24.3 Å². The summed E-state index contributed by atoms with van der Waals surface area (Å²) in [7, 11) is -0.508. The van der Waals surface area contributed by atoms with Crippen molar-refractivity contribution in [2.75, 3.05) is 46.8 Å². The van der Waals surface area contributed by atoms with Crippen molar-refractivity contribution in [1.29, 1.82) is 0 Å². The zero-order valence-corrected chi connectivity index (χ0v) is 16.5. The Morgan fingerprint density at radius 2 is 1.74 bits per heavy atom. The Balaban J connectivity index is 1.54. The van der Waals surface area contributed by atoms with E-state index in [0.717, 1.165) is 30.5 Å². The number of carbonyl (C=O) groups excluding carboxylic acids is 1. The molecule has 0 saturated carbocycles. The highest BCUT2D eigenvalue weighted by Gasteiger charge is 2.23. The number of hydrogen-bond acceptors (Lipinski definition) is 5. The van der Waals surface area contributed by atoms with Gasteiger partial charge in [0, 0.05) is 71.3 Å². The molecule has 0 spiro atoms. The normalized spacial score (nSPS) is 16.0. The van der Waals surface area contributed by atoms with Crippen molar-refractivity contribution in [2.24, 2.45) is 0 Å². The largest absolute Gasteiger partial charge is 0.336 e. The molecule has 9 heteroatoms. The van der Waals surface area contributed by atoms with Gasteiger partial charge in [-0.25, -0.2) is 17.7 Å². The van der Waals surface area contributed by atoms with E-state index in [4.69, 9.17) is 0 Å². The van der Waals surface area contributed by atoms with Gasteiger partial charge in [0.25, 0.3) is 5.91 Å². The van der Waals surface area contributed by atoms with Gasteiger partial charge in [-0.3, -0.25) is 9.69 Å². The first kappa shape index (κ1) is 19.5. The van der Waals surface area contributed by atoms with E-state index >= 15 is 0 Å². The van der Waals surface area contributed by atoms with Crippen LogP contribution in [0.3, 0.4) is 0 Å². The number of hydrogen-bond donors (Lipinski definition) is 0. The van der Waals surface area contributed by atoms with Crippen LogP contribution in [0.2, 0.25) is 0 Å². The minimum atomic E-state index is -3.48. The number of amides is 1. The van der Waals surface area contributed by atoms with E-state index in [-0.39, 0.29) is 10.8 Å². The highest BCUT2D eigenvalue weighted by atomic mass is 32.2. The van der Waals surface area contributed by atoms with Crippen LogP contribution in [0.1, 0.15) is 10.4 Å². The Kier molecular flexibility index (Phi) is 5.93. The molecule has 1 aliphatic heterocycles. The maximum Gasteiger partial charge on any atom is 0.253 e. The highest BCUT2D eigenvalue weighted by molar-refractivity contribution is 7.89. The Morgan fingerprint density at radius 1 is 1.07 bits per heavy atom. The molecule has 146 valence electrons. The van der Waals surface area contributed by atoms with E-state index < -0.39 is 10.0 Å². The fourth-order valence-corrected chi connectivity index (χ4v) is 3.91. The zero-order chi connectivity index (χ0) is 19.4. The molecular formula is C18H25N5O3S. The summed E-state index contributed by atoms with van der Waals surface area (Å²) in [4.78, 5) is 21.1. The fraction of sp³-hybridized carbons (Fsp3) is 0.444. The highest BCUT2D eigenvalue weighted by Crippen LogP contribution is 2.16. The number of rotatable bonds is 6. The van der Waals surface area contributed by atoms with Crippen LogP contribution in [-0.2, 0) is 16.6 Å². The Bertz CT molecular complexity index is 855. The first-order valence-electron chi connectivity index (χ1n) is 8.88. The third-order valence-corrected chi connectivity index (χ3v) is 6.60. The molecule has 1 fully saturated rings. The summed E-state index contributed by atoms with van der Waals surface area (Å²) in [5, 5.41) is 0. The lowest BCUT2D eigenvalue weighted by atomic mass is 10.2. The van der Waals surface area contributed by atoms with Gasteiger partial charge < -0.3 is 9.47 Å². The maximum atomic E-state index is 12.7. The third-order valence-electron chi connectivity index (χ3n) is 4.77. The molecule has 0 bridgehead atoms. The van der Waals surface area contributed by atoms with E-state index in [1.54, 1.807) is 24.7 Å². The average Bonchev–Trinajstić information content (AvgIpc) is 3.20. The van der Waals surface area contributed by atoms with Crippen LogP contribution in [0.25, 0.3) is 0 Å². The number of aromatic nitrogens is 2. The van der Waals surface area contributed by atoms with Crippen LogP contribution in [0.15, 0.2) is 47.9 Å². The molecule has 0 aliphatic carbocycles. The van der Waals surface area contributed by atoms with Gasteiger partial charge in [-0.2, -0.15) is 0 Å². The van der Waals surface area contributed by atoms with Crippen molar-refractivity contribution in [3.05, 3.63) is 48.5 Å². The van der Waals surface area contributed by atoms with Gasteiger partial charge in [0.2, 0.25) is 10.0 Å². The van der Waals surface area contributed by atoms with Crippen LogP contribution in [0, 0.1) is 0 Å². The molecule has 0 atom stereocenters. The smallest absolute Gasteiger partial charge is 0.253 e. The van der Waals surface area contributed by atoms with Crippen LogP contribution < -0.4 is 0 Å². The molecule has 3 rings (SSSR count). The predicted octanol–water partition coefficient (Wildman–Crippen LogP) is 0.591. The maximum absolute atomic E-state index is 12.7. The predicted molar refractivity (Wildman–Crippen MR) is 102 cm³/mol. The second-order valence-corrected chi connectivity index (χ2v) is 8.90. The van der Waals surface area contributed by atoms with Gasteiger partial charge in [0.15, 0.2) is 0 Å². The summed E-state index contributed by atoms with van der Waals surface area (Å²) >= 11 is 0. The molecular weight excluding hydrogens is 366 g/mol. The topological polar surface area (TPSA) is 78.8 Å². The molecule has 0 N–H and O–H groups in total. The van der Waals surface area contributed by atoms with Crippen LogP contribution in [0.4, 0.5) is 0 Å². The number of imidazole rings is 1. The van der Waals surface area contributed by atoms with Crippen LogP contribution in [0.5, 0.6) is 0 Å². The van der Waals surface area contributed by atoms with E-state index in [1.165, 1.54) is 26.2 Å². The lowest BCUT2D eigenvalue weighted by Gasteiger charge is -2.34. The second kappa shape index (κ2) is 8.20. The summed E-state index contributed by atoms with van der Waals surface area (Å²) in [6.07, 6.45) is 5.52. The van der Waals surface area contributed by atoms with Gasteiger partial charge in [-0.15, -0.1) is 0 Å². The first-order valence-corrected chi connectivity index (χ1v) is 10.3. The summed E-state index contributed by atoms with van der Waals surface area (Å²) in [5.74, 6) is -0.0574. The lowest BCUT2D eigenvalue weighted by molar-refractivity contribution is 0.0633. The second-order valence-electron chi connectivity index (χ2n) is 6.75. The van der Waals surface area contributed by atoms with Gasteiger partial charge in [0.05, 0.1) is 11.2 Å². The van der Waals surface area contributed by atoms with Crippen molar-refractivity contribution in [3.63, 3.8) is 0 Å². The number of nitrogens with zero attached hydrogens (tertiary/aromatic N) is 5. The average molecular weight is 391 g/mol. The minimum Gasteiger partial charge on any atom is -0.336 e. The molecule has 1 aromatic heterocycles. The Labute approximate surface area is 160 Å². The van der Waals surface area contributed by atoms with Crippen LogP contribution >= 0.6 is 0 Å². The number of sulfonamides is 1. The molecule has 1 saturated heterocycles. The number of carbonyl (C=O) groups is 1. The fourth-order valence-electron chi connectivity index (χ4n) is 3.01. The first-order chi connectivity index (χ1) is 12.9. The van der Waals surface area contributed by atoms with Crippen molar-refractivity contribution in [1.82, 2.24) is 23.7 Å². The summed E-state index contributed by atoms with van der Waals surface area (Å²) < 4.78 is 27.4. The summed E-state index contributed by atoms with van der Waals surface area (Å²) in [6.45, 7) is 4.80. The van der Waals surface area contributed by atoms with Crippen molar-refractivity contribution < 1.29 is 13.2 Å². The van der Waals surface area contributed by atoms with Crippen LogP contribution in [-0.4, -0.2) is 84.8 Å². The van der Waals surface area contributed by atoms with Gasteiger partial charge in [0.1, 0.15) is 0 Å². The minimum absolute atomic E-state index is 0.0574. The quantitative estimate of drug-likeness (QED) is 0.720. The molecule has 27 heavy (non-hydrogen) atoms. The van der Waals surface area contributed by atoms with Gasteiger partial charge in [-0.1, -0.05) is 0 Å². The molecule has 2 heterocycles. The summed E-state index contributed by atoms with van der Waals surface area (Å²) in [6, 6.07) is 6.15. The molecule has 2 aromatic rings. The van der Waals surface area contributed by atoms with Gasteiger partial charge >= 0.3 is 0 Å². The summed E-state index contributed by atoms with van der Waals surface area (Å²) in [5.41, 5.74) is 0.513. The molecule has 1 amide bonds. The van der Waals surface area contributed by atoms with Crippen molar-refractivity contribution in [2.45, 2.75) is 11.4 Å². The molecule has 1 aliphatic rings. The Hall–Kier alpha value is -2.23. The molecule has 0 radical (unpaired) electrons. The van der Waals surface area contributed by atoms with E-state index in [9.17, 15) is 13.2 Å². The molecule has 0 unspecified atom stereocenters. The van der Waals surface area contributed by atoms with E-state index in [2.05, 4.69) is 9.88 Å². The zero-order valence-electron chi connectivity index (χ0n) is 15.7. The molecule has 8 nitrogen and oxygen atoms in total. The molecule has 1 aromatic carbocycles. The standard InChI is InChI=1S/C18H25N5O3S/c1-20(2)27(25,26)17-5-3-16(4-6-17)18(24)23-13-11-21(12-14-23)9-10-22-8-7-19-15-22/h3-8,15H,9-14H2,1-2H3. The number of piperazine rings is 1. The third kappa shape index (κ3) is 4.55. The SMILES string of the molecule is CN(C)S(=O)(=O)c1ccc(C(=O)N2CCN(CCn3ccnc3)CC2)cc1. The van der Waals surface area contributed by atoms with Crippen molar-refractivity contribution in [3.8, 4) is 0 Å². The monoisotopic (exact) mass is 391 g/mol. The number of benzene rings is 1. The van der Waals surface area contributed by atoms with E-state index in [1.807, 2.05) is 15.7 Å². The Morgan fingerprint density at radius 3 is 2.30 bits per heavy atom.